The smallest absolute Gasteiger partial charge is 0.363 e. The van der Waals surface area contributed by atoms with Gasteiger partial charge in [-0.25, -0.2) is 14.6 Å². The molecule has 4 aromatic rings. The number of carbonyl (C=O) groups excluding carboxylic acids is 2. The molecule has 1 aliphatic rings. The first kappa shape index (κ1) is 22.3. The standard InChI is InChI=1S/C29H18ClNO4/c30-24-14-12-23(13-15-24)28(32)34-25-16-6-19(7-17-25)18-26-29(33)35-27(31-26)22-10-8-21(9-11-22)20-4-2-1-3-5-20/h1-18H/b26-18-. The summed E-state index contributed by atoms with van der Waals surface area (Å²) in [5.74, 6) is -0.372. The Labute approximate surface area is 206 Å². The number of carbonyl (C=O) groups is 2. The van der Waals surface area contributed by atoms with Crippen molar-refractivity contribution < 1.29 is 19.1 Å². The number of ether oxygens (including phenoxy) is 2. The van der Waals surface area contributed by atoms with Gasteiger partial charge in [-0.15, -0.1) is 0 Å². The van der Waals surface area contributed by atoms with Gasteiger partial charge in [0.2, 0.25) is 5.90 Å². The van der Waals surface area contributed by atoms with E-state index in [1.54, 1.807) is 54.6 Å². The Morgan fingerprint density at radius 1 is 0.771 bits per heavy atom. The van der Waals surface area contributed by atoms with Crippen LogP contribution in [0.4, 0.5) is 0 Å². The molecule has 0 aromatic heterocycles. The lowest BCUT2D eigenvalue weighted by Gasteiger charge is -2.05. The maximum atomic E-state index is 12.4. The summed E-state index contributed by atoms with van der Waals surface area (Å²) in [6.45, 7) is 0. The molecule has 1 heterocycles. The zero-order valence-electron chi connectivity index (χ0n) is 18.4. The lowest BCUT2D eigenvalue weighted by atomic mass is 10.0. The Kier molecular flexibility index (Phi) is 6.24. The molecular formula is C29H18ClNO4. The first-order chi connectivity index (χ1) is 17.0. The van der Waals surface area contributed by atoms with Gasteiger partial charge in [0.1, 0.15) is 5.75 Å². The van der Waals surface area contributed by atoms with E-state index >= 15 is 0 Å². The van der Waals surface area contributed by atoms with E-state index in [-0.39, 0.29) is 11.6 Å². The molecule has 6 heteroatoms. The first-order valence-corrected chi connectivity index (χ1v) is 11.2. The van der Waals surface area contributed by atoms with Crippen molar-refractivity contribution in [2.75, 3.05) is 0 Å². The van der Waals surface area contributed by atoms with E-state index in [2.05, 4.69) is 4.99 Å². The second kappa shape index (κ2) is 9.79. The Bertz CT molecular complexity index is 1440. The molecule has 0 spiro atoms. The van der Waals surface area contributed by atoms with Crippen molar-refractivity contribution in [3.05, 3.63) is 131 Å². The van der Waals surface area contributed by atoms with Gasteiger partial charge in [0.15, 0.2) is 5.70 Å². The highest BCUT2D eigenvalue weighted by atomic mass is 35.5. The minimum atomic E-state index is -0.523. The van der Waals surface area contributed by atoms with E-state index in [0.29, 0.717) is 27.5 Å². The average Bonchev–Trinajstić information content (AvgIpc) is 3.26. The fourth-order valence-electron chi connectivity index (χ4n) is 3.51. The molecule has 5 nitrogen and oxygen atoms in total. The van der Waals surface area contributed by atoms with E-state index < -0.39 is 11.9 Å². The highest BCUT2D eigenvalue weighted by Gasteiger charge is 2.24. The Balaban J connectivity index is 1.28. The fraction of sp³-hybridized carbons (Fsp3) is 0. The molecule has 0 saturated carbocycles. The number of hydrogen-bond acceptors (Lipinski definition) is 5. The summed E-state index contributed by atoms with van der Waals surface area (Å²) in [6.07, 6.45) is 1.62. The van der Waals surface area contributed by atoms with Crippen molar-refractivity contribution in [1.82, 2.24) is 0 Å². The summed E-state index contributed by atoms with van der Waals surface area (Å²) in [5, 5.41) is 0.541. The molecule has 0 aliphatic carbocycles. The number of hydrogen-bond donors (Lipinski definition) is 0. The zero-order valence-corrected chi connectivity index (χ0v) is 19.1. The number of benzene rings is 4. The predicted molar refractivity (Wildman–Crippen MR) is 135 cm³/mol. The van der Waals surface area contributed by atoms with Crippen LogP contribution in [-0.2, 0) is 9.53 Å². The summed E-state index contributed by atoms with van der Waals surface area (Å²) in [6, 6.07) is 30.9. The third-order valence-electron chi connectivity index (χ3n) is 5.33. The molecule has 0 bridgehead atoms. The van der Waals surface area contributed by atoms with Crippen LogP contribution in [0.5, 0.6) is 5.75 Å². The second-order valence-electron chi connectivity index (χ2n) is 7.74. The predicted octanol–water partition coefficient (Wildman–Crippen LogP) is 6.57. The number of nitrogens with zero attached hydrogens (tertiary/aromatic N) is 1. The molecule has 1 aliphatic heterocycles. The highest BCUT2D eigenvalue weighted by molar-refractivity contribution is 6.30. The van der Waals surface area contributed by atoms with Crippen LogP contribution in [-0.4, -0.2) is 17.8 Å². The maximum absolute atomic E-state index is 12.4. The van der Waals surface area contributed by atoms with Gasteiger partial charge in [-0.2, -0.15) is 0 Å². The van der Waals surface area contributed by atoms with Gasteiger partial charge in [-0.05, 0) is 71.3 Å². The van der Waals surface area contributed by atoms with E-state index in [4.69, 9.17) is 21.1 Å². The van der Waals surface area contributed by atoms with Gasteiger partial charge in [0, 0.05) is 10.6 Å². The molecule has 0 radical (unpaired) electrons. The van der Waals surface area contributed by atoms with Crippen LogP contribution in [0.3, 0.4) is 0 Å². The van der Waals surface area contributed by atoms with Gasteiger partial charge in [0.05, 0.1) is 5.56 Å². The van der Waals surface area contributed by atoms with Crippen LogP contribution in [0.1, 0.15) is 21.5 Å². The van der Waals surface area contributed by atoms with Crippen LogP contribution >= 0.6 is 11.6 Å². The highest BCUT2D eigenvalue weighted by Crippen LogP contribution is 2.24. The molecule has 4 aromatic carbocycles. The Morgan fingerprint density at radius 2 is 1.40 bits per heavy atom. The van der Waals surface area contributed by atoms with Crippen molar-refractivity contribution in [3.63, 3.8) is 0 Å². The maximum Gasteiger partial charge on any atom is 0.363 e. The molecule has 35 heavy (non-hydrogen) atoms. The molecule has 0 unspecified atom stereocenters. The zero-order chi connectivity index (χ0) is 24.2. The van der Waals surface area contributed by atoms with E-state index in [0.717, 1.165) is 11.1 Å². The van der Waals surface area contributed by atoms with Crippen molar-refractivity contribution >= 4 is 35.5 Å². The normalized spacial score (nSPS) is 13.9. The van der Waals surface area contributed by atoms with Crippen molar-refractivity contribution in [2.24, 2.45) is 4.99 Å². The minimum Gasteiger partial charge on any atom is -0.423 e. The first-order valence-electron chi connectivity index (χ1n) is 10.8. The van der Waals surface area contributed by atoms with Gasteiger partial charge >= 0.3 is 11.9 Å². The van der Waals surface area contributed by atoms with E-state index in [1.807, 2.05) is 54.6 Å². The van der Waals surface area contributed by atoms with Gasteiger partial charge in [-0.1, -0.05) is 66.2 Å². The quantitative estimate of drug-likeness (QED) is 0.184. The summed E-state index contributed by atoms with van der Waals surface area (Å²) < 4.78 is 10.8. The molecule has 0 atom stereocenters. The summed E-state index contributed by atoms with van der Waals surface area (Å²) in [5.41, 5.74) is 4.18. The van der Waals surface area contributed by atoms with Crippen LogP contribution < -0.4 is 4.74 Å². The van der Waals surface area contributed by atoms with E-state index in [1.165, 1.54) is 0 Å². The van der Waals surface area contributed by atoms with Crippen LogP contribution in [0.2, 0.25) is 5.02 Å². The molecule has 0 fully saturated rings. The second-order valence-corrected chi connectivity index (χ2v) is 8.18. The fourth-order valence-corrected chi connectivity index (χ4v) is 3.64. The molecule has 170 valence electrons. The topological polar surface area (TPSA) is 65.0 Å². The van der Waals surface area contributed by atoms with Crippen molar-refractivity contribution in [1.29, 1.82) is 0 Å². The third-order valence-corrected chi connectivity index (χ3v) is 5.59. The molecule has 0 saturated heterocycles. The number of halogens is 1. The van der Waals surface area contributed by atoms with Gasteiger partial charge < -0.3 is 9.47 Å². The van der Waals surface area contributed by atoms with E-state index in [9.17, 15) is 9.59 Å². The van der Waals surface area contributed by atoms with Gasteiger partial charge in [-0.3, -0.25) is 0 Å². The molecular weight excluding hydrogens is 462 g/mol. The monoisotopic (exact) mass is 479 g/mol. The van der Waals surface area contributed by atoms with Crippen molar-refractivity contribution in [3.8, 4) is 16.9 Å². The van der Waals surface area contributed by atoms with Crippen LogP contribution in [0.25, 0.3) is 17.2 Å². The number of cyclic esters (lactones) is 1. The lowest BCUT2D eigenvalue weighted by molar-refractivity contribution is -0.129. The SMILES string of the molecule is O=C1OC(c2ccc(-c3ccccc3)cc2)=N/C1=C\c1ccc(OC(=O)c2ccc(Cl)cc2)cc1. The Hall–Kier alpha value is -4.48. The van der Waals surface area contributed by atoms with Gasteiger partial charge in [0.25, 0.3) is 0 Å². The molecule has 0 N–H and O–H groups in total. The van der Waals surface area contributed by atoms with Crippen LogP contribution in [0.15, 0.2) is 114 Å². The largest absolute Gasteiger partial charge is 0.423 e. The summed E-state index contributed by atoms with van der Waals surface area (Å²) in [4.78, 5) is 29.0. The van der Waals surface area contributed by atoms with Crippen LogP contribution in [0, 0.1) is 0 Å². The summed E-state index contributed by atoms with van der Waals surface area (Å²) in [7, 11) is 0. The average molecular weight is 480 g/mol. The Morgan fingerprint density at radius 3 is 2.09 bits per heavy atom. The summed E-state index contributed by atoms with van der Waals surface area (Å²) >= 11 is 5.85. The number of aliphatic imine (C=N–C) groups is 1. The van der Waals surface area contributed by atoms with Crippen molar-refractivity contribution in [2.45, 2.75) is 0 Å². The minimum absolute atomic E-state index is 0.193. The number of rotatable bonds is 5. The number of esters is 2. The third kappa shape index (κ3) is 5.21. The lowest BCUT2D eigenvalue weighted by Crippen LogP contribution is -2.08. The molecule has 0 amide bonds. The molecule has 5 rings (SSSR count).